The first-order valence-corrected chi connectivity index (χ1v) is 7.51. The number of aromatic amines is 1. The Balaban J connectivity index is 1.96. The lowest BCUT2D eigenvalue weighted by Gasteiger charge is -2.17. The Labute approximate surface area is 128 Å². The molecule has 1 fully saturated rings. The van der Waals surface area contributed by atoms with Crippen molar-refractivity contribution in [2.75, 3.05) is 5.32 Å². The highest BCUT2D eigenvalue weighted by atomic mass is 16.3. The number of phenols is 1. The number of nitrogens with one attached hydrogen (secondary N) is 3. The Morgan fingerprint density at radius 3 is 2.55 bits per heavy atom. The average molecular weight is 297 g/mol. The fraction of sp³-hybridized carbons (Fsp3) is 0.294. The van der Waals surface area contributed by atoms with Gasteiger partial charge in [0.25, 0.3) is 5.56 Å². The summed E-state index contributed by atoms with van der Waals surface area (Å²) in [6, 6.07) is 8.50. The zero-order valence-corrected chi connectivity index (χ0v) is 12.2. The van der Waals surface area contributed by atoms with Gasteiger partial charge in [-0.2, -0.15) is 0 Å². The normalized spacial score (nSPS) is 14.9. The van der Waals surface area contributed by atoms with Crippen LogP contribution in [0, 0.1) is 5.41 Å². The minimum atomic E-state index is -0.277. The Kier molecular flexibility index (Phi) is 3.96. The van der Waals surface area contributed by atoms with E-state index in [0.29, 0.717) is 22.9 Å². The van der Waals surface area contributed by atoms with Gasteiger partial charge >= 0.3 is 0 Å². The number of benzene rings is 1. The van der Waals surface area contributed by atoms with E-state index in [0.717, 1.165) is 12.8 Å². The Bertz CT molecular complexity index is 728. The maximum absolute atomic E-state index is 12.2. The number of hydrogen-bond donors (Lipinski definition) is 4. The third-order valence-electron chi connectivity index (χ3n) is 4.08. The number of pyridine rings is 1. The van der Waals surface area contributed by atoms with Crippen molar-refractivity contribution >= 4 is 11.4 Å². The van der Waals surface area contributed by atoms with Crippen molar-refractivity contribution in [1.82, 2.24) is 4.98 Å². The number of aromatic nitrogens is 1. The Morgan fingerprint density at radius 1 is 1.18 bits per heavy atom. The highest BCUT2D eigenvalue weighted by Gasteiger charge is 2.19. The van der Waals surface area contributed by atoms with E-state index >= 15 is 0 Å². The molecule has 0 amide bonds. The Hall–Kier alpha value is -2.56. The average Bonchev–Trinajstić information content (AvgIpc) is 3.01. The topological polar surface area (TPSA) is 89.0 Å². The SMILES string of the molecule is N=C(c1ccc(O)cc1)c1c(NC2CCCC2)cc[nH]c1=O. The van der Waals surface area contributed by atoms with Crippen LogP contribution in [0.2, 0.25) is 0 Å². The highest BCUT2D eigenvalue weighted by Crippen LogP contribution is 2.24. The van der Waals surface area contributed by atoms with E-state index in [1.165, 1.54) is 25.0 Å². The van der Waals surface area contributed by atoms with E-state index in [4.69, 9.17) is 5.41 Å². The summed E-state index contributed by atoms with van der Waals surface area (Å²) in [5, 5.41) is 21.1. The minimum absolute atomic E-state index is 0.142. The van der Waals surface area contributed by atoms with Crippen LogP contribution in [0.15, 0.2) is 41.3 Å². The van der Waals surface area contributed by atoms with Crippen LogP contribution in [0.4, 0.5) is 5.69 Å². The molecule has 1 aliphatic rings. The van der Waals surface area contributed by atoms with Gasteiger partial charge in [0.05, 0.1) is 17.0 Å². The van der Waals surface area contributed by atoms with E-state index in [-0.39, 0.29) is 17.0 Å². The largest absolute Gasteiger partial charge is 0.508 e. The van der Waals surface area contributed by atoms with Crippen LogP contribution in [0.1, 0.15) is 36.8 Å². The van der Waals surface area contributed by atoms with E-state index < -0.39 is 0 Å². The van der Waals surface area contributed by atoms with Crippen LogP contribution >= 0.6 is 0 Å². The van der Waals surface area contributed by atoms with Gasteiger partial charge in [-0.3, -0.25) is 10.2 Å². The third kappa shape index (κ3) is 2.88. The quantitative estimate of drug-likeness (QED) is 0.654. The number of aromatic hydroxyl groups is 1. The smallest absolute Gasteiger partial charge is 0.259 e. The molecule has 1 aromatic carbocycles. The van der Waals surface area contributed by atoms with Crippen LogP contribution < -0.4 is 10.9 Å². The van der Waals surface area contributed by atoms with Crippen molar-refractivity contribution in [3.05, 3.63) is 58.0 Å². The molecule has 1 aliphatic carbocycles. The number of hydrogen-bond acceptors (Lipinski definition) is 4. The molecule has 3 rings (SSSR count). The molecule has 5 heteroatoms. The van der Waals surface area contributed by atoms with Gasteiger partial charge in [0.2, 0.25) is 0 Å². The van der Waals surface area contributed by atoms with Crippen molar-refractivity contribution in [3.8, 4) is 5.75 Å². The summed E-state index contributed by atoms with van der Waals surface area (Å²) in [7, 11) is 0. The fourth-order valence-corrected chi connectivity index (χ4v) is 2.91. The van der Waals surface area contributed by atoms with Crippen molar-refractivity contribution in [1.29, 1.82) is 5.41 Å². The molecule has 1 heterocycles. The summed E-state index contributed by atoms with van der Waals surface area (Å²) < 4.78 is 0. The summed E-state index contributed by atoms with van der Waals surface area (Å²) in [5.41, 5.74) is 1.53. The lowest BCUT2D eigenvalue weighted by atomic mass is 10.0. The van der Waals surface area contributed by atoms with E-state index in [2.05, 4.69) is 10.3 Å². The summed E-state index contributed by atoms with van der Waals surface area (Å²) in [6.07, 6.45) is 6.20. The standard InChI is InChI=1S/C17H19N3O2/c18-16(11-5-7-13(21)8-6-11)15-14(9-10-19-17(15)22)20-12-3-1-2-4-12/h5-10,12,18,21H,1-4H2,(H2,19,20,22). The number of anilines is 1. The summed E-state index contributed by atoms with van der Waals surface area (Å²) in [5.74, 6) is 0.142. The molecule has 0 atom stereocenters. The molecule has 5 nitrogen and oxygen atoms in total. The summed E-state index contributed by atoms with van der Waals surface area (Å²) in [4.78, 5) is 14.9. The van der Waals surface area contributed by atoms with Gasteiger partial charge in [-0.1, -0.05) is 12.8 Å². The van der Waals surface area contributed by atoms with Crippen LogP contribution in [-0.4, -0.2) is 21.8 Å². The Morgan fingerprint density at radius 2 is 1.86 bits per heavy atom. The second-order valence-corrected chi connectivity index (χ2v) is 5.64. The molecule has 0 spiro atoms. The van der Waals surface area contributed by atoms with Crippen molar-refractivity contribution < 1.29 is 5.11 Å². The van der Waals surface area contributed by atoms with Crippen molar-refractivity contribution in [2.24, 2.45) is 0 Å². The second-order valence-electron chi connectivity index (χ2n) is 5.64. The zero-order chi connectivity index (χ0) is 15.5. The van der Waals surface area contributed by atoms with Gasteiger partial charge in [-0.15, -0.1) is 0 Å². The first kappa shape index (κ1) is 14.4. The predicted octanol–water partition coefficient (Wildman–Crippen LogP) is 2.85. The van der Waals surface area contributed by atoms with Gasteiger partial charge in [0.15, 0.2) is 0 Å². The number of phenolic OH excluding ortho intramolecular Hbond substituents is 1. The van der Waals surface area contributed by atoms with Gasteiger partial charge in [0.1, 0.15) is 5.75 Å². The van der Waals surface area contributed by atoms with Crippen LogP contribution in [0.25, 0.3) is 0 Å². The monoisotopic (exact) mass is 297 g/mol. The maximum atomic E-state index is 12.2. The molecule has 114 valence electrons. The van der Waals surface area contributed by atoms with E-state index in [9.17, 15) is 9.90 Å². The van der Waals surface area contributed by atoms with Crippen LogP contribution in [0.3, 0.4) is 0 Å². The van der Waals surface area contributed by atoms with E-state index in [1.807, 2.05) is 6.07 Å². The molecule has 4 N–H and O–H groups in total. The van der Waals surface area contributed by atoms with Gasteiger partial charge < -0.3 is 15.4 Å². The molecule has 0 bridgehead atoms. The molecule has 0 radical (unpaired) electrons. The van der Waals surface area contributed by atoms with Gasteiger partial charge in [-0.05, 0) is 43.2 Å². The van der Waals surface area contributed by atoms with Crippen molar-refractivity contribution in [3.63, 3.8) is 0 Å². The maximum Gasteiger partial charge on any atom is 0.259 e. The molecular weight excluding hydrogens is 278 g/mol. The molecule has 0 saturated heterocycles. The molecular formula is C17H19N3O2. The molecule has 0 unspecified atom stereocenters. The lowest BCUT2D eigenvalue weighted by molar-refractivity contribution is 0.475. The minimum Gasteiger partial charge on any atom is -0.508 e. The fourth-order valence-electron chi connectivity index (χ4n) is 2.91. The number of rotatable bonds is 4. The predicted molar refractivity (Wildman–Crippen MR) is 87.0 cm³/mol. The molecule has 1 aromatic heterocycles. The van der Waals surface area contributed by atoms with Gasteiger partial charge in [-0.25, -0.2) is 0 Å². The summed E-state index contributed by atoms with van der Waals surface area (Å²) in [6.45, 7) is 0. The molecule has 0 aliphatic heterocycles. The highest BCUT2D eigenvalue weighted by molar-refractivity contribution is 6.13. The molecule has 1 saturated carbocycles. The van der Waals surface area contributed by atoms with Crippen LogP contribution in [0.5, 0.6) is 5.75 Å². The van der Waals surface area contributed by atoms with Crippen LogP contribution in [-0.2, 0) is 0 Å². The van der Waals surface area contributed by atoms with Crippen molar-refractivity contribution in [2.45, 2.75) is 31.7 Å². The second kappa shape index (κ2) is 6.05. The van der Waals surface area contributed by atoms with E-state index in [1.54, 1.807) is 18.3 Å². The third-order valence-corrected chi connectivity index (χ3v) is 4.08. The van der Waals surface area contributed by atoms with Gasteiger partial charge in [0, 0.05) is 17.8 Å². The molecule has 2 aromatic rings. The molecule has 22 heavy (non-hydrogen) atoms. The number of H-pyrrole nitrogens is 1. The summed E-state index contributed by atoms with van der Waals surface area (Å²) >= 11 is 0. The first-order chi connectivity index (χ1) is 10.6. The first-order valence-electron chi connectivity index (χ1n) is 7.51. The zero-order valence-electron chi connectivity index (χ0n) is 12.2. The lowest BCUT2D eigenvalue weighted by Crippen LogP contribution is -2.24.